The average Bonchev–Trinajstić information content (AvgIpc) is 2.89. The first-order valence-electron chi connectivity index (χ1n) is 6.54. The van der Waals surface area contributed by atoms with Gasteiger partial charge < -0.3 is 9.47 Å². The second kappa shape index (κ2) is 8.47. The summed E-state index contributed by atoms with van der Waals surface area (Å²) >= 11 is 1.12. The molecular formula is C14H18O5S. The molecule has 0 N–H and O–H groups in total. The lowest BCUT2D eigenvalue weighted by Crippen LogP contribution is -2.05. The van der Waals surface area contributed by atoms with Crippen molar-refractivity contribution in [2.24, 2.45) is 0 Å². The summed E-state index contributed by atoms with van der Waals surface area (Å²) < 4.78 is 9.64. The van der Waals surface area contributed by atoms with Gasteiger partial charge in [-0.3, -0.25) is 9.59 Å². The molecule has 20 heavy (non-hydrogen) atoms. The van der Waals surface area contributed by atoms with Crippen molar-refractivity contribution in [1.29, 1.82) is 0 Å². The van der Waals surface area contributed by atoms with Gasteiger partial charge in [0, 0.05) is 12.8 Å². The van der Waals surface area contributed by atoms with Crippen LogP contribution in [0.1, 0.15) is 52.5 Å². The summed E-state index contributed by atoms with van der Waals surface area (Å²) in [6.45, 7) is 4.12. The number of esters is 2. The Morgan fingerprint density at radius 2 is 1.65 bits per heavy atom. The number of ether oxygens (including phenoxy) is 2. The van der Waals surface area contributed by atoms with Crippen molar-refractivity contribution in [1.82, 2.24) is 0 Å². The van der Waals surface area contributed by atoms with Gasteiger partial charge in [-0.15, -0.1) is 11.3 Å². The molecular weight excluding hydrogens is 280 g/mol. The first-order chi connectivity index (χ1) is 9.58. The van der Waals surface area contributed by atoms with Crippen molar-refractivity contribution in [2.75, 3.05) is 13.2 Å². The van der Waals surface area contributed by atoms with Crippen LogP contribution < -0.4 is 0 Å². The minimum atomic E-state index is -0.414. The number of carbonyl (C=O) groups excluding carboxylic acids is 3. The molecule has 0 atom stereocenters. The van der Waals surface area contributed by atoms with E-state index in [0.717, 1.165) is 11.3 Å². The third-order valence-corrected chi connectivity index (χ3v) is 3.55. The number of ketones is 1. The van der Waals surface area contributed by atoms with E-state index in [4.69, 9.17) is 9.47 Å². The van der Waals surface area contributed by atoms with E-state index in [1.807, 2.05) is 0 Å². The van der Waals surface area contributed by atoms with E-state index in [-0.39, 0.29) is 24.6 Å². The molecule has 0 saturated carbocycles. The minimum Gasteiger partial charge on any atom is -0.466 e. The van der Waals surface area contributed by atoms with E-state index >= 15 is 0 Å². The molecule has 0 aromatic carbocycles. The van der Waals surface area contributed by atoms with Crippen molar-refractivity contribution in [3.8, 4) is 0 Å². The summed E-state index contributed by atoms with van der Waals surface area (Å²) in [7, 11) is 0. The van der Waals surface area contributed by atoms with Crippen LogP contribution in [0, 0.1) is 0 Å². The van der Waals surface area contributed by atoms with Crippen molar-refractivity contribution in [3.05, 3.63) is 21.9 Å². The van der Waals surface area contributed by atoms with Crippen LogP contribution in [-0.2, 0) is 14.3 Å². The molecule has 0 amide bonds. The molecule has 110 valence electrons. The third kappa shape index (κ3) is 5.13. The molecule has 1 aromatic heterocycles. The number of thiophene rings is 1. The number of Topliss-reactive ketones (excluding diaryl/α,β-unsaturated/α-hetero) is 1. The van der Waals surface area contributed by atoms with E-state index in [1.165, 1.54) is 0 Å². The predicted molar refractivity (Wildman–Crippen MR) is 75.1 cm³/mol. The molecule has 1 heterocycles. The van der Waals surface area contributed by atoms with Gasteiger partial charge >= 0.3 is 11.9 Å². The van der Waals surface area contributed by atoms with E-state index in [0.29, 0.717) is 29.4 Å². The van der Waals surface area contributed by atoms with Gasteiger partial charge in [-0.2, -0.15) is 0 Å². The van der Waals surface area contributed by atoms with E-state index in [1.54, 1.807) is 26.0 Å². The van der Waals surface area contributed by atoms with Gasteiger partial charge in [0.05, 0.1) is 18.1 Å². The van der Waals surface area contributed by atoms with Crippen molar-refractivity contribution in [3.63, 3.8) is 0 Å². The Hall–Kier alpha value is -1.69. The molecule has 0 bridgehead atoms. The molecule has 1 rings (SSSR count). The van der Waals surface area contributed by atoms with Gasteiger partial charge in [0.15, 0.2) is 5.78 Å². The zero-order valence-corrected chi connectivity index (χ0v) is 12.5. The summed E-state index contributed by atoms with van der Waals surface area (Å²) in [5.41, 5.74) is 0. The van der Waals surface area contributed by atoms with Crippen LogP contribution in [0.3, 0.4) is 0 Å². The summed E-state index contributed by atoms with van der Waals surface area (Å²) in [5, 5.41) is 0. The fourth-order valence-electron chi connectivity index (χ4n) is 1.55. The number of hydrogen-bond acceptors (Lipinski definition) is 6. The maximum absolute atomic E-state index is 11.9. The highest BCUT2D eigenvalue weighted by molar-refractivity contribution is 7.15. The van der Waals surface area contributed by atoms with Gasteiger partial charge in [-0.25, -0.2) is 4.79 Å². The van der Waals surface area contributed by atoms with Crippen LogP contribution in [0.5, 0.6) is 0 Å². The zero-order chi connectivity index (χ0) is 15.0. The maximum atomic E-state index is 11.9. The lowest BCUT2D eigenvalue weighted by Gasteiger charge is -2.00. The standard InChI is InChI=1S/C14H18O5S/c1-3-18-13(16)7-5-6-10(15)11-8-9-12(20-11)14(17)19-4-2/h8-9H,3-7H2,1-2H3. The van der Waals surface area contributed by atoms with Crippen LogP contribution in [-0.4, -0.2) is 30.9 Å². The Labute approximate surface area is 121 Å². The number of carbonyl (C=O) groups is 3. The second-order valence-corrected chi connectivity index (χ2v) is 5.05. The molecule has 0 spiro atoms. The van der Waals surface area contributed by atoms with Crippen molar-refractivity contribution < 1.29 is 23.9 Å². The third-order valence-electron chi connectivity index (χ3n) is 2.45. The fraction of sp³-hybridized carbons (Fsp3) is 0.500. The Bertz CT molecular complexity index is 478. The van der Waals surface area contributed by atoms with Gasteiger partial charge in [-0.1, -0.05) is 0 Å². The maximum Gasteiger partial charge on any atom is 0.348 e. The van der Waals surface area contributed by atoms with Crippen LogP contribution in [0.4, 0.5) is 0 Å². The Morgan fingerprint density at radius 3 is 2.30 bits per heavy atom. The highest BCUT2D eigenvalue weighted by atomic mass is 32.1. The summed E-state index contributed by atoms with van der Waals surface area (Å²) in [4.78, 5) is 35.4. The van der Waals surface area contributed by atoms with Crippen molar-refractivity contribution in [2.45, 2.75) is 33.1 Å². The Kier molecular flexibility index (Phi) is 6.93. The monoisotopic (exact) mass is 298 g/mol. The second-order valence-electron chi connectivity index (χ2n) is 3.97. The van der Waals surface area contributed by atoms with E-state index < -0.39 is 5.97 Å². The SMILES string of the molecule is CCOC(=O)CCCC(=O)c1ccc(C(=O)OCC)s1. The number of hydrogen-bond donors (Lipinski definition) is 0. The average molecular weight is 298 g/mol. The minimum absolute atomic E-state index is 0.0742. The molecule has 0 aliphatic rings. The molecule has 1 aromatic rings. The first kappa shape index (κ1) is 16.4. The lowest BCUT2D eigenvalue weighted by molar-refractivity contribution is -0.143. The largest absolute Gasteiger partial charge is 0.466 e. The normalized spacial score (nSPS) is 10.1. The van der Waals surface area contributed by atoms with Crippen molar-refractivity contribution >= 4 is 29.1 Å². The topological polar surface area (TPSA) is 69.7 Å². The molecule has 6 heteroatoms. The predicted octanol–water partition coefficient (Wildman–Crippen LogP) is 2.84. The van der Waals surface area contributed by atoms with Crippen LogP contribution in [0.15, 0.2) is 12.1 Å². The molecule has 0 unspecified atom stereocenters. The van der Waals surface area contributed by atoms with E-state index in [9.17, 15) is 14.4 Å². The smallest absolute Gasteiger partial charge is 0.348 e. The summed E-state index contributed by atoms with van der Waals surface area (Å²) in [5.74, 6) is -0.781. The molecule has 0 aliphatic heterocycles. The van der Waals surface area contributed by atoms with Gasteiger partial charge in [0.25, 0.3) is 0 Å². The summed E-state index contributed by atoms with van der Waals surface area (Å²) in [6, 6.07) is 3.20. The first-order valence-corrected chi connectivity index (χ1v) is 7.35. The quantitative estimate of drug-likeness (QED) is 0.545. The lowest BCUT2D eigenvalue weighted by atomic mass is 10.1. The van der Waals surface area contributed by atoms with E-state index in [2.05, 4.69) is 0 Å². The Morgan fingerprint density at radius 1 is 1.00 bits per heavy atom. The fourth-order valence-corrected chi connectivity index (χ4v) is 2.42. The van der Waals surface area contributed by atoms with Gasteiger partial charge in [0.2, 0.25) is 0 Å². The number of rotatable bonds is 8. The Balaban J connectivity index is 2.44. The van der Waals surface area contributed by atoms with Gasteiger partial charge in [0.1, 0.15) is 4.88 Å². The molecule has 0 radical (unpaired) electrons. The van der Waals surface area contributed by atoms with Gasteiger partial charge in [-0.05, 0) is 32.4 Å². The summed E-state index contributed by atoms with van der Waals surface area (Å²) in [6.07, 6.45) is 0.946. The van der Waals surface area contributed by atoms with Crippen LogP contribution >= 0.6 is 11.3 Å². The highest BCUT2D eigenvalue weighted by Gasteiger charge is 2.14. The van der Waals surface area contributed by atoms with Crippen LogP contribution in [0.25, 0.3) is 0 Å². The zero-order valence-electron chi connectivity index (χ0n) is 11.6. The van der Waals surface area contributed by atoms with Crippen LogP contribution in [0.2, 0.25) is 0 Å². The molecule has 0 aliphatic carbocycles. The molecule has 5 nitrogen and oxygen atoms in total. The highest BCUT2D eigenvalue weighted by Crippen LogP contribution is 2.20. The molecule has 0 saturated heterocycles. The molecule has 0 fully saturated rings.